The maximum Gasteiger partial charge on any atom is 1.00 e. The summed E-state index contributed by atoms with van der Waals surface area (Å²) in [5.74, 6) is -5.98. The number of carboxylic acid groups (broad SMARTS) is 3. The molecule has 0 amide bonds. The van der Waals surface area contributed by atoms with Gasteiger partial charge in [-0.1, -0.05) is 46.0 Å². The van der Waals surface area contributed by atoms with E-state index in [0.717, 1.165) is 0 Å². The molecule has 0 rings (SSSR count). The molecule has 0 aromatic heterocycles. The molecule has 7 nitrogen and oxygen atoms in total. The summed E-state index contributed by atoms with van der Waals surface area (Å²) >= 11 is 0. The molecule has 0 aliphatic carbocycles. The summed E-state index contributed by atoms with van der Waals surface area (Å²) in [5, 5.41) is 38.9. The summed E-state index contributed by atoms with van der Waals surface area (Å²) in [5.41, 5.74) is -2.97. The Labute approximate surface area is 203 Å². The van der Waals surface area contributed by atoms with Gasteiger partial charge in [-0.25, -0.2) is 0 Å². The van der Waals surface area contributed by atoms with Crippen LogP contribution in [0.2, 0.25) is 0 Å². The second-order valence-corrected chi connectivity index (χ2v) is 4.48. The maximum absolute atomic E-state index is 10.1. The fraction of sp³-hybridized carbons (Fsp3) is 0.769. The molecule has 10 heteroatoms. The number of aliphatic hydroxyl groups is 1. The van der Waals surface area contributed by atoms with Crippen LogP contribution >= 0.6 is 0 Å². The molecule has 0 aliphatic rings. The van der Waals surface area contributed by atoms with Crippen LogP contribution < -0.4 is 104 Å². The molecule has 0 aromatic carbocycles. The molecule has 0 radical (unpaired) electrons. The van der Waals surface area contributed by atoms with Crippen LogP contribution in [0.3, 0.4) is 0 Å². The molecule has 0 saturated heterocycles. The Hall–Kier alpha value is 1.37. The molecule has 0 aliphatic heterocycles. The van der Waals surface area contributed by atoms with Gasteiger partial charge in [-0.3, -0.25) is 0 Å². The van der Waals surface area contributed by atoms with Crippen LogP contribution in [0.4, 0.5) is 0 Å². The first-order valence-corrected chi connectivity index (χ1v) is 6.53. The maximum atomic E-state index is 10.1. The topological polar surface area (TPSA) is 141 Å². The molecule has 0 heterocycles. The summed E-state index contributed by atoms with van der Waals surface area (Å²) in [6, 6.07) is 0. The van der Waals surface area contributed by atoms with E-state index in [2.05, 4.69) is 13.8 Å². The standard InChI is InChI=1S/C7H16.C6H8O7.3Na/c1-3-5-7-6-4-2;7-3(8)1-6(13,5(11)12)2-4(9)10;;;/h3-7H2,1-2H3;13H,1-2H2,(H,7,8)(H,9,10)(H,11,12);;;/q;;3*+1/p-3. The Balaban J connectivity index is -0.0000000945. The van der Waals surface area contributed by atoms with Gasteiger partial charge in [0.2, 0.25) is 0 Å². The van der Waals surface area contributed by atoms with Crippen molar-refractivity contribution in [3.05, 3.63) is 0 Å². The van der Waals surface area contributed by atoms with Gasteiger partial charge in [0, 0.05) is 24.8 Å². The zero-order valence-electron chi connectivity index (χ0n) is 14.8. The molecule has 0 saturated carbocycles. The zero-order chi connectivity index (χ0) is 16.2. The number of hydrogen-bond acceptors (Lipinski definition) is 7. The van der Waals surface area contributed by atoms with E-state index in [1.54, 1.807) is 0 Å². The van der Waals surface area contributed by atoms with E-state index in [4.69, 9.17) is 5.11 Å². The van der Waals surface area contributed by atoms with Crippen molar-refractivity contribution in [2.75, 3.05) is 0 Å². The normalized spacial score (nSPS) is 9.00. The summed E-state index contributed by atoms with van der Waals surface area (Å²) in [6.45, 7) is 4.49. The SMILES string of the molecule is CCCCCCC.O=C([O-])CC(O)(CC(=O)[O-])C(=O)[O-].[Na+].[Na+].[Na+]. The van der Waals surface area contributed by atoms with Crippen molar-refractivity contribution >= 4 is 17.9 Å². The Bertz CT molecular complexity index is 305. The fourth-order valence-electron chi connectivity index (χ4n) is 1.36. The van der Waals surface area contributed by atoms with Crippen LogP contribution in [0.1, 0.15) is 58.8 Å². The molecule has 23 heavy (non-hydrogen) atoms. The third-order valence-corrected chi connectivity index (χ3v) is 2.46. The Morgan fingerprint density at radius 3 is 1.26 bits per heavy atom. The van der Waals surface area contributed by atoms with Crippen molar-refractivity contribution in [1.82, 2.24) is 0 Å². The predicted octanol–water partition coefficient (Wildman–Crippen LogP) is -11.3. The van der Waals surface area contributed by atoms with Crippen LogP contribution in [0.5, 0.6) is 0 Å². The first-order valence-electron chi connectivity index (χ1n) is 6.53. The molecular weight excluding hydrogens is 337 g/mol. The number of rotatable bonds is 9. The number of unbranched alkanes of at least 4 members (excludes halogenated alkanes) is 4. The third-order valence-electron chi connectivity index (χ3n) is 2.46. The van der Waals surface area contributed by atoms with E-state index < -0.39 is 36.4 Å². The summed E-state index contributed by atoms with van der Waals surface area (Å²) in [6.07, 6.45) is 4.29. The molecule has 0 aromatic rings. The van der Waals surface area contributed by atoms with Crippen LogP contribution in [-0.2, 0) is 14.4 Å². The van der Waals surface area contributed by atoms with Gasteiger partial charge in [-0.15, -0.1) is 0 Å². The van der Waals surface area contributed by atoms with Gasteiger partial charge in [0.05, 0.1) is 5.97 Å². The molecular formula is C13H21Na3O7. The van der Waals surface area contributed by atoms with Gasteiger partial charge in [0.25, 0.3) is 0 Å². The molecule has 0 bridgehead atoms. The van der Waals surface area contributed by atoms with Gasteiger partial charge in [-0.2, -0.15) is 0 Å². The van der Waals surface area contributed by atoms with Gasteiger partial charge >= 0.3 is 88.7 Å². The minimum absolute atomic E-state index is 0. The molecule has 0 spiro atoms. The second-order valence-electron chi connectivity index (χ2n) is 4.48. The Morgan fingerprint density at radius 2 is 1.09 bits per heavy atom. The minimum atomic E-state index is -2.97. The number of carbonyl (C=O) groups excluding carboxylic acids is 3. The first-order chi connectivity index (χ1) is 9.19. The van der Waals surface area contributed by atoms with Gasteiger partial charge in [0.15, 0.2) is 0 Å². The third kappa shape index (κ3) is 23.4. The van der Waals surface area contributed by atoms with Gasteiger partial charge < -0.3 is 34.8 Å². The van der Waals surface area contributed by atoms with E-state index in [1.165, 1.54) is 32.1 Å². The monoisotopic (exact) mass is 358 g/mol. The van der Waals surface area contributed by atoms with Crippen molar-refractivity contribution < 1.29 is 123 Å². The molecule has 0 unspecified atom stereocenters. The van der Waals surface area contributed by atoms with E-state index in [0.29, 0.717) is 0 Å². The average Bonchev–Trinajstić information content (AvgIpc) is 2.28. The number of carboxylic acids is 3. The van der Waals surface area contributed by atoms with Crippen molar-refractivity contribution in [3.63, 3.8) is 0 Å². The molecule has 118 valence electrons. The predicted molar refractivity (Wildman–Crippen MR) is 63.6 cm³/mol. The fourth-order valence-corrected chi connectivity index (χ4v) is 1.36. The van der Waals surface area contributed by atoms with Crippen LogP contribution in [0.25, 0.3) is 0 Å². The quantitative estimate of drug-likeness (QED) is 0.319. The van der Waals surface area contributed by atoms with Crippen molar-refractivity contribution in [1.29, 1.82) is 0 Å². The summed E-state index contributed by atoms with van der Waals surface area (Å²) < 4.78 is 0. The largest absolute Gasteiger partial charge is 1.00 e. The average molecular weight is 358 g/mol. The number of hydrogen-bond donors (Lipinski definition) is 1. The summed E-state index contributed by atoms with van der Waals surface area (Å²) in [4.78, 5) is 30.0. The van der Waals surface area contributed by atoms with E-state index >= 15 is 0 Å². The van der Waals surface area contributed by atoms with E-state index in [1.807, 2.05) is 0 Å². The number of carbonyl (C=O) groups is 3. The van der Waals surface area contributed by atoms with E-state index in [9.17, 15) is 29.7 Å². The van der Waals surface area contributed by atoms with Crippen molar-refractivity contribution in [2.45, 2.75) is 64.4 Å². The van der Waals surface area contributed by atoms with Gasteiger partial charge in [0.1, 0.15) is 5.60 Å². The zero-order valence-corrected chi connectivity index (χ0v) is 20.8. The van der Waals surface area contributed by atoms with Crippen molar-refractivity contribution in [3.8, 4) is 0 Å². The minimum Gasteiger partial charge on any atom is -0.550 e. The van der Waals surface area contributed by atoms with Gasteiger partial charge in [-0.05, 0) is 0 Å². The van der Waals surface area contributed by atoms with Crippen LogP contribution in [0.15, 0.2) is 0 Å². The first kappa shape index (κ1) is 35.5. The van der Waals surface area contributed by atoms with E-state index in [-0.39, 0.29) is 88.7 Å². The van der Waals surface area contributed by atoms with Crippen LogP contribution in [-0.4, -0.2) is 28.6 Å². The Morgan fingerprint density at radius 1 is 0.783 bits per heavy atom. The Kier molecular flexibility index (Phi) is 33.0. The summed E-state index contributed by atoms with van der Waals surface area (Å²) in [7, 11) is 0. The second kappa shape index (κ2) is 21.4. The van der Waals surface area contributed by atoms with Crippen LogP contribution in [0, 0.1) is 0 Å². The number of aliphatic carboxylic acids is 3. The smallest absolute Gasteiger partial charge is 0.550 e. The molecule has 0 fully saturated rings. The molecule has 1 N–H and O–H groups in total. The molecule has 0 atom stereocenters. The van der Waals surface area contributed by atoms with Crippen molar-refractivity contribution in [2.24, 2.45) is 0 Å².